The minimum Gasteiger partial charge on any atom is -0.455 e. The summed E-state index contributed by atoms with van der Waals surface area (Å²) in [5, 5.41) is 4.52. The molecular formula is C49H31N3O. The van der Waals surface area contributed by atoms with Crippen LogP contribution in [0.1, 0.15) is 0 Å². The topological polar surface area (TPSA) is 51.8 Å². The van der Waals surface area contributed by atoms with Gasteiger partial charge in [0.05, 0.1) is 0 Å². The van der Waals surface area contributed by atoms with Crippen LogP contribution in [0.2, 0.25) is 0 Å². The van der Waals surface area contributed by atoms with Crippen LogP contribution >= 0.6 is 0 Å². The van der Waals surface area contributed by atoms with Gasteiger partial charge in [0.1, 0.15) is 11.2 Å². The fraction of sp³-hybridized carbons (Fsp3) is 0. The van der Waals surface area contributed by atoms with Gasteiger partial charge in [-0.1, -0.05) is 176 Å². The van der Waals surface area contributed by atoms with Crippen molar-refractivity contribution in [1.82, 2.24) is 15.0 Å². The molecule has 10 rings (SSSR count). The molecule has 4 nitrogen and oxygen atoms in total. The van der Waals surface area contributed by atoms with E-state index in [2.05, 4.69) is 121 Å². The molecule has 0 aliphatic heterocycles. The first-order valence-electron chi connectivity index (χ1n) is 17.8. The summed E-state index contributed by atoms with van der Waals surface area (Å²) in [4.78, 5) is 15.0. The second-order valence-electron chi connectivity index (χ2n) is 13.2. The number of rotatable bonds is 6. The third kappa shape index (κ3) is 5.45. The quantitative estimate of drug-likeness (QED) is 0.176. The highest BCUT2D eigenvalue weighted by atomic mass is 16.3. The van der Waals surface area contributed by atoms with Crippen LogP contribution in [0.5, 0.6) is 0 Å². The van der Waals surface area contributed by atoms with Gasteiger partial charge in [-0.05, 0) is 45.2 Å². The molecule has 2 heterocycles. The molecule has 4 heteroatoms. The Morgan fingerprint density at radius 1 is 0.302 bits per heavy atom. The number of aromatic nitrogens is 3. The molecular weight excluding hydrogens is 647 g/mol. The molecule has 53 heavy (non-hydrogen) atoms. The Morgan fingerprint density at radius 3 is 1.51 bits per heavy atom. The summed E-state index contributed by atoms with van der Waals surface area (Å²) in [6.07, 6.45) is 0. The van der Waals surface area contributed by atoms with Gasteiger partial charge in [0, 0.05) is 38.6 Å². The summed E-state index contributed by atoms with van der Waals surface area (Å²) >= 11 is 0. The summed E-state index contributed by atoms with van der Waals surface area (Å²) in [7, 11) is 0. The first kappa shape index (κ1) is 30.6. The van der Waals surface area contributed by atoms with E-state index in [0.29, 0.717) is 17.5 Å². The van der Waals surface area contributed by atoms with Crippen molar-refractivity contribution >= 4 is 32.7 Å². The van der Waals surface area contributed by atoms with Crippen molar-refractivity contribution in [3.63, 3.8) is 0 Å². The fourth-order valence-electron chi connectivity index (χ4n) is 7.42. The summed E-state index contributed by atoms with van der Waals surface area (Å²) < 4.78 is 7.05. The van der Waals surface area contributed by atoms with Crippen LogP contribution in [0.15, 0.2) is 192 Å². The first-order chi connectivity index (χ1) is 26.3. The predicted octanol–water partition coefficient (Wildman–Crippen LogP) is 12.9. The number of benzene rings is 8. The van der Waals surface area contributed by atoms with Crippen LogP contribution in [-0.2, 0) is 0 Å². The van der Waals surface area contributed by atoms with E-state index in [1.54, 1.807) is 0 Å². The normalized spacial score (nSPS) is 11.4. The number of nitrogens with zero attached hydrogens (tertiary/aromatic N) is 3. The Morgan fingerprint density at radius 2 is 0.792 bits per heavy atom. The molecule has 248 valence electrons. The standard InChI is InChI=1S/C49H31N3O/c1-4-15-33(16-5-1)40-26-14-28-42-43-30-29-39(44(46(43)53-45(40)42)41-27-13-22-32-17-10-11-25-38(32)41)36-23-12-24-37(31-36)49-51-47(34-18-6-2-7-19-34)50-48(52-49)35-20-8-3-9-21-35/h1-31H. The van der Waals surface area contributed by atoms with Gasteiger partial charge in [-0.15, -0.1) is 0 Å². The van der Waals surface area contributed by atoms with Crippen LogP contribution < -0.4 is 0 Å². The number of hydrogen-bond donors (Lipinski definition) is 0. The Hall–Kier alpha value is -7.17. The molecule has 0 fully saturated rings. The number of hydrogen-bond acceptors (Lipinski definition) is 4. The van der Waals surface area contributed by atoms with Crippen molar-refractivity contribution in [1.29, 1.82) is 0 Å². The lowest BCUT2D eigenvalue weighted by Crippen LogP contribution is -2.00. The molecule has 0 unspecified atom stereocenters. The summed E-state index contributed by atoms with van der Waals surface area (Å²) in [5.74, 6) is 1.88. The van der Waals surface area contributed by atoms with Gasteiger partial charge in [-0.2, -0.15) is 0 Å². The van der Waals surface area contributed by atoms with E-state index in [0.717, 1.165) is 72.0 Å². The zero-order valence-electron chi connectivity index (χ0n) is 28.6. The van der Waals surface area contributed by atoms with E-state index >= 15 is 0 Å². The van der Waals surface area contributed by atoms with Crippen molar-refractivity contribution in [3.05, 3.63) is 188 Å². The SMILES string of the molecule is c1ccc(-c2nc(-c3ccccc3)nc(-c3cccc(-c4ccc5c(oc6c(-c7ccccc7)cccc65)c4-c4cccc5ccccc45)c3)n2)cc1. The van der Waals surface area contributed by atoms with Crippen molar-refractivity contribution < 1.29 is 4.42 Å². The smallest absolute Gasteiger partial charge is 0.164 e. The highest BCUT2D eigenvalue weighted by Crippen LogP contribution is 2.46. The number of furan rings is 1. The summed E-state index contributed by atoms with van der Waals surface area (Å²) in [6.45, 7) is 0. The number of para-hydroxylation sites is 1. The molecule has 0 aliphatic rings. The molecule has 0 bridgehead atoms. The van der Waals surface area contributed by atoms with E-state index in [4.69, 9.17) is 19.4 Å². The monoisotopic (exact) mass is 677 g/mol. The minimum absolute atomic E-state index is 0.614. The van der Waals surface area contributed by atoms with Crippen LogP contribution in [0.3, 0.4) is 0 Å². The molecule has 8 aromatic carbocycles. The third-order valence-electron chi connectivity index (χ3n) is 9.94. The molecule has 0 saturated carbocycles. The minimum atomic E-state index is 0.614. The van der Waals surface area contributed by atoms with Crippen molar-refractivity contribution in [2.75, 3.05) is 0 Å². The van der Waals surface area contributed by atoms with Crippen LogP contribution in [0.4, 0.5) is 0 Å². The first-order valence-corrected chi connectivity index (χ1v) is 17.8. The Kier molecular flexibility index (Phi) is 7.43. The summed E-state index contributed by atoms with van der Waals surface area (Å²) in [5.41, 5.74) is 11.0. The molecule has 0 radical (unpaired) electrons. The Labute approximate surface area is 306 Å². The lowest BCUT2D eigenvalue weighted by atomic mass is 9.89. The summed E-state index contributed by atoms with van der Waals surface area (Å²) in [6, 6.07) is 65.1. The van der Waals surface area contributed by atoms with Crippen LogP contribution in [0.25, 0.3) is 100 Å². The lowest BCUT2D eigenvalue weighted by molar-refractivity contribution is 0.671. The molecule has 0 aliphatic carbocycles. The molecule has 0 saturated heterocycles. The van der Waals surface area contributed by atoms with Gasteiger partial charge in [0.25, 0.3) is 0 Å². The third-order valence-corrected chi connectivity index (χ3v) is 9.94. The lowest BCUT2D eigenvalue weighted by Gasteiger charge is -2.15. The zero-order chi connectivity index (χ0) is 35.1. The van der Waals surface area contributed by atoms with Crippen LogP contribution in [-0.4, -0.2) is 15.0 Å². The molecule has 0 amide bonds. The molecule has 0 atom stereocenters. The average molecular weight is 678 g/mol. The van der Waals surface area contributed by atoms with Crippen molar-refractivity contribution in [2.24, 2.45) is 0 Å². The van der Waals surface area contributed by atoms with Gasteiger partial charge in [-0.25, -0.2) is 15.0 Å². The molecule has 10 aromatic rings. The van der Waals surface area contributed by atoms with E-state index in [1.165, 1.54) is 10.8 Å². The van der Waals surface area contributed by atoms with E-state index in [-0.39, 0.29) is 0 Å². The molecule has 0 N–H and O–H groups in total. The van der Waals surface area contributed by atoms with Crippen molar-refractivity contribution in [3.8, 4) is 67.5 Å². The maximum Gasteiger partial charge on any atom is 0.164 e. The van der Waals surface area contributed by atoms with Gasteiger partial charge in [-0.3, -0.25) is 0 Å². The second kappa shape index (κ2) is 12.9. The Bertz CT molecular complexity index is 2870. The molecule has 2 aromatic heterocycles. The van der Waals surface area contributed by atoms with Gasteiger partial charge in [0.2, 0.25) is 0 Å². The number of fused-ring (bicyclic) bond motifs is 4. The van der Waals surface area contributed by atoms with Gasteiger partial charge < -0.3 is 4.42 Å². The predicted molar refractivity (Wildman–Crippen MR) is 217 cm³/mol. The highest BCUT2D eigenvalue weighted by molar-refractivity contribution is 6.17. The Balaban J connectivity index is 1.22. The maximum atomic E-state index is 7.05. The highest BCUT2D eigenvalue weighted by Gasteiger charge is 2.21. The van der Waals surface area contributed by atoms with E-state index in [1.807, 2.05) is 66.7 Å². The van der Waals surface area contributed by atoms with E-state index < -0.39 is 0 Å². The second-order valence-corrected chi connectivity index (χ2v) is 13.2. The van der Waals surface area contributed by atoms with Gasteiger partial charge >= 0.3 is 0 Å². The van der Waals surface area contributed by atoms with Crippen LogP contribution in [0, 0.1) is 0 Å². The largest absolute Gasteiger partial charge is 0.455 e. The van der Waals surface area contributed by atoms with Crippen molar-refractivity contribution in [2.45, 2.75) is 0 Å². The maximum absolute atomic E-state index is 7.05. The molecule has 0 spiro atoms. The average Bonchev–Trinajstić information content (AvgIpc) is 3.63. The van der Waals surface area contributed by atoms with Gasteiger partial charge in [0.15, 0.2) is 17.5 Å². The zero-order valence-corrected chi connectivity index (χ0v) is 28.6. The fourth-order valence-corrected chi connectivity index (χ4v) is 7.42. The van der Waals surface area contributed by atoms with E-state index in [9.17, 15) is 0 Å².